The first-order chi connectivity index (χ1) is 8.96. The Morgan fingerprint density at radius 1 is 1.21 bits per heavy atom. The maximum absolute atomic E-state index is 11.9. The van der Waals surface area contributed by atoms with Gasteiger partial charge in [0.25, 0.3) is 0 Å². The highest BCUT2D eigenvalue weighted by atomic mass is 16.2. The summed E-state index contributed by atoms with van der Waals surface area (Å²) in [6.07, 6.45) is 3.06. The number of carbonyl (C=O) groups is 1. The Balaban J connectivity index is 3.91. The van der Waals surface area contributed by atoms with Crippen molar-refractivity contribution >= 4 is 5.91 Å². The molecule has 0 heterocycles. The second-order valence-corrected chi connectivity index (χ2v) is 5.49. The van der Waals surface area contributed by atoms with Crippen molar-refractivity contribution in [2.75, 3.05) is 19.6 Å². The van der Waals surface area contributed by atoms with Crippen LogP contribution in [0.5, 0.6) is 0 Å². The third-order valence-corrected chi connectivity index (χ3v) is 3.95. The van der Waals surface area contributed by atoms with Crippen molar-refractivity contribution in [1.29, 1.82) is 0 Å². The number of amides is 1. The summed E-state index contributed by atoms with van der Waals surface area (Å²) in [5.74, 6) is 0.229. The van der Waals surface area contributed by atoms with E-state index in [1.54, 1.807) is 0 Å². The molecule has 2 unspecified atom stereocenters. The molecule has 0 spiro atoms. The minimum absolute atomic E-state index is 0.00955. The number of hydrogen-bond donors (Lipinski definition) is 2. The lowest BCUT2D eigenvalue weighted by atomic mass is 9.99. The van der Waals surface area contributed by atoms with Gasteiger partial charge in [-0.05, 0) is 45.3 Å². The lowest BCUT2D eigenvalue weighted by molar-refractivity contribution is -0.124. The molecule has 4 heteroatoms. The molecule has 3 atom stereocenters. The summed E-state index contributed by atoms with van der Waals surface area (Å²) in [6.45, 7) is 13.8. The molecule has 0 rings (SSSR count). The second kappa shape index (κ2) is 10.2. The molecule has 0 aromatic heterocycles. The zero-order valence-corrected chi connectivity index (χ0v) is 13.4. The fourth-order valence-electron chi connectivity index (χ4n) is 2.08. The van der Waals surface area contributed by atoms with E-state index in [4.69, 9.17) is 5.73 Å². The normalized spacial score (nSPS) is 16.2. The Kier molecular flexibility index (Phi) is 9.88. The zero-order valence-electron chi connectivity index (χ0n) is 13.4. The molecule has 0 aromatic rings. The predicted molar refractivity (Wildman–Crippen MR) is 82.1 cm³/mol. The molecule has 1 amide bonds. The molecule has 0 aliphatic rings. The summed E-state index contributed by atoms with van der Waals surface area (Å²) < 4.78 is 0. The number of nitrogens with zero attached hydrogens (tertiary/aromatic N) is 1. The lowest BCUT2D eigenvalue weighted by Crippen LogP contribution is -2.47. The predicted octanol–water partition coefficient (Wildman–Crippen LogP) is 1.99. The van der Waals surface area contributed by atoms with Crippen molar-refractivity contribution in [1.82, 2.24) is 10.2 Å². The van der Waals surface area contributed by atoms with Crippen LogP contribution < -0.4 is 11.1 Å². The minimum Gasteiger partial charge on any atom is -0.352 e. The van der Waals surface area contributed by atoms with E-state index < -0.39 is 0 Å². The summed E-state index contributed by atoms with van der Waals surface area (Å²) >= 11 is 0. The van der Waals surface area contributed by atoms with Crippen LogP contribution in [0.2, 0.25) is 0 Å². The van der Waals surface area contributed by atoms with Crippen molar-refractivity contribution in [2.24, 2.45) is 11.7 Å². The molecule has 4 nitrogen and oxygen atoms in total. The fraction of sp³-hybridized carbons (Fsp3) is 0.933. The van der Waals surface area contributed by atoms with Gasteiger partial charge in [-0.15, -0.1) is 0 Å². The summed E-state index contributed by atoms with van der Waals surface area (Å²) in [4.78, 5) is 14.3. The van der Waals surface area contributed by atoms with Crippen molar-refractivity contribution in [3.8, 4) is 0 Å². The molecule has 3 N–H and O–H groups in total. The average molecular weight is 271 g/mol. The summed E-state index contributed by atoms with van der Waals surface area (Å²) in [5, 5.41) is 3.02. The van der Waals surface area contributed by atoms with Gasteiger partial charge in [0, 0.05) is 6.04 Å². The number of nitrogens with one attached hydrogen (secondary N) is 1. The largest absolute Gasteiger partial charge is 0.352 e. The molecule has 0 aromatic carbocycles. The van der Waals surface area contributed by atoms with Crippen LogP contribution >= 0.6 is 0 Å². The van der Waals surface area contributed by atoms with Gasteiger partial charge < -0.3 is 16.0 Å². The monoisotopic (exact) mass is 271 g/mol. The van der Waals surface area contributed by atoms with Crippen LogP contribution in [-0.2, 0) is 4.79 Å². The van der Waals surface area contributed by atoms with E-state index >= 15 is 0 Å². The van der Waals surface area contributed by atoms with E-state index in [-0.39, 0.29) is 23.9 Å². The molecule has 0 saturated heterocycles. The van der Waals surface area contributed by atoms with Crippen molar-refractivity contribution < 1.29 is 4.79 Å². The quantitative estimate of drug-likeness (QED) is 0.639. The topological polar surface area (TPSA) is 58.4 Å². The third kappa shape index (κ3) is 7.53. The maximum Gasteiger partial charge on any atom is 0.237 e. The van der Waals surface area contributed by atoms with Gasteiger partial charge in [-0.25, -0.2) is 0 Å². The molecular weight excluding hydrogens is 238 g/mol. The minimum atomic E-state index is -0.379. The molecule has 0 aliphatic carbocycles. The number of rotatable bonds is 10. The first-order valence-electron chi connectivity index (χ1n) is 7.74. The highest BCUT2D eigenvalue weighted by Gasteiger charge is 2.20. The zero-order chi connectivity index (χ0) is 14.8. The van der Waals surface area contributed by atoms with Gasteiger partial charge in [-0.1, -0.05) is 34.1 Å². The van der Waals surface area contributed by atoms with E-state index in [1.165, 1.54) is 0 Å². The Morgan fingerprint density at radius 2 is 1.79 bits per heavy atom. The van der Waals surface area contributed by atoms with Gasteiger partial charge in [0.05, 0.1) is 6.04 Å². The molecule has 0 fully saturated rings. The van der Waals surface area contributed by atoms with Crippen LogP contribution in [0.25, 0.3) is 0 Å². The summed E-state index contributed by atoms with van der Waals surface area (Å²) in [7, 11) is 0. The van der Waals surface area contributed by atoms with E-state index in [1.807, 2.05) is 6.92 Å². The molecule has 19 heavy (non-hydrogen) atoms. The van der Waals surface area contributed by atoms with Crippen molar-refractivity contribution in [2.45, 2.75) is 66.0 Å². The lowest BCUT2D eigenvalue weighted by Gasteiger charge is -2.22. The van der Waals surface area contributed by atoms with Gasteiger partial charge in [0.1, 0.15) is 0 Å². The average Bonchev–Trinajstić information content (AvgIpc) is 2.41. The Bertz CT molecular complexity index is 242. The Hall–Kier alpha value is -0.610. The molecule has 0 radical (unpaired) electrons. The first-order valence-corrected chi connectivity index (χ1v) is 7.74. The molecule has 0 aliphatic heterocycles. The second-order valence-electron chi connectivity index (χ2n) is 5.49. The van der Waals surface area contributed by atoms with Gasteiger partial charge in [0.2, 0.25) is 5.91 Å². The van der Waals surface area contributed by atoms with Crippen LogP contribution in [-0.4, -0.2) is 42.5 Å². The van der Waals surface area contributed by atoms with Gasteiger partial charge in [-0.2, -0.15) is 0 Å². The van der Waals surface area contributed by atoms with Crippen LogP contribution in [0.1, 0.15) is 53.9 Å². The van der Waals surface area contributed by atoms with Gasteiger partial charge in [-0.3, -0.25) is 4.79 Å². The third-order valence-electron chi connectivity index (χ3n) is 3.95. The fourth-order valence-corrected chi connectivity index (χ4v) is 2.08. The Labute approximate surface area is 119 Å². The van der Waals surface area contributed by atoms with Crippen LogP contribution in [0.4, 0.5) is 0 Å². The number of carbonyl (C=O) groups excluding carboxylic acids is 1. The van der Waals surface area contributed by atoms with Crippen LogP contribution in [0, 0.1) is 5.92 Å². The SMILES string of the molecule is CCC(C)[C@H](N)C(=O)NC(C)CCCN(CC)CC. The highest BCUT2D eigenvalue weighted by Crippen LogP contribution is 2.06. The van der Waals surface area contributed by atoms with Crippen molar-refractivity contribution in [3.05, 3.63) is 0 Å². The van der Waals surface area contributed by atoms with Crippen LogP contribution in [0.3, 0.4) is 0 Å². The number of hydrogen-bond acceptors (Lipinski definition) is 3. The summed E-state index contributed by atoms with van der Waals surface area (Å²) in [5.41, 5.74) is 5.92. The smallest absolute Gasteiger partial charge is 0.237 e. The highest BCUT2D eigenvalue weighted by molar-refractivity contribution is 5.82. The molecule has 114 valence electrons. The van der Waals surface area contributed by atoms with E-state index in [2.05, 4.69) is 37.9 Å². The van der Waals surface area contributed by atoms with Gasteiger partial charge >= 0.3 is 0 Å². The first kappa shape index (κ1) is 18.4. The Morgan fingerprint density at radius 3 is 2.26 bits per heavy atom. The van der Waals surface area contributed by atoms with Crippen LogP contribution in [0.15, 0.2) is 0 Å². The van der Waals surface area contributed by atoms with E-state index in [9.17, 15) is 4.79 Å². The molecule has 0 bridgehead atoms. The molecular formula is C15H33N3O. The summed E-state index contributed by atoms with van der Waals surface area (Å²) in [6, 6.07) is -0.173. The van der Waals surface area contributed by atoms with E-state index in [0.29, 0.717) is 0 Å². The molecule has 0 saturated carbocycles. The van der Waals surface area contributed by atoms with Crippen molar-refractivity contribution in [3.63, 3.8) is 0 Å². The number of nitrogens with two attached hydrogens (primary N) is 1. The standard InChI is InChI=1S/C15H33N3O/c1-6-12(4)14(16)15(19)17-13(5)10-9-11-18(7-2)8-3/h12-14H,6-11,16H2,1-5H3,(H,17,19)/t12?,13?,14-/m0/s1. The van der Waals surface area contributed by atoms with Gasteiger partial charge in [0.15, 0.2) is 0 Å². The van der Waals surface area contributed by atoms with E-state index in [0.717, 1.165) is 38.9 Å². The maximum atomic E-state index is 11.9.